The molecule has 1 atom stereocenters. The van der Waals surface area contributed by atoms with Crippen LogP contribution < -0.4 is 10.1 Å². The van der Waals surface area contributed by atoms with Crippen LogP contribution in [0.3, 0.4) is 0 Å². The Morgan fingerprint density at radius 2 is 2.10 bits per heavy atom. The van der Waals surface area contributed by atoms with Crippen molar-refractivity contribution in [2.45, 2.75) is 32.0 Å². The maximum absolute atomic E-state index is 12.4. The zero-order chi connectivity index (χ0) is 20.9. The molecule has 4 rings (SSSR count). The van der Waals surface area contributed by atoms with Gasteiger partial charge in [-0.25, -0.2) is 0 Å². The standard InChI is InChI=1S/C23H26N4O2S/c1-3-27-22(19-9-6-7-16(2)11-19)25-26-23(27)30-15-21(28)24-13-17-12-18-8-4-5-10-20(18)29-14-17/h4-11,17H,3,12-15H2,1-2H3,(H,24,28). The molecular weight excluding hydrogens is 396 g/mol. The Balaban J connectivity index is 1.31. The number of aryl methyl sites for hydroxylation is 1. The Bertz CT molecular complexity index is 1030. The summed E-state index contributed by atoms with van der Waals surface area (Å²) in [6, 6.07) is 16.3. The van der Waals surface area contributed by atoms with Gasteiger partial charge in [0.1, 0.15) is 5.75 Å². The Kier molecular flexibility index (Phi) is 6.38. The zero-order valence-corrected chi connectivity index (χ0v) is 18.1. The van der Waals surface area contributed by atoms with Crippen molar-refractivity contribution >= 4 is 17.7 Å². The van der Waals surface area contributed by atoms with Gasteiger partial charge < -0.3 is 14.6 Å². The number of nitrogens with one attached hydrogen (secondary N) is 1. The fourth-order valence-electron chi connectivity index (χ4n) is 3.64. The molecule has 6 nitrogen and oxygen atoms in total. The topological polar surface area (TPSA) is 69.0 Å². The molecule has 0 saturated carbocycles. The number of benzene rings is 2. The van der Waals surface area contributed by atoms with Crippen LogP contribution in [0.15, 0.2) is 53.7 Å². The number of carbonyl (C=O) groups is 1. The number of amides is 1. The van der Waals surface area contributed by atoms with Crippen LogP contribution in [-0.4, -0.2) is 39.6 Å². The number of ether oxygens (including phenoxy) is 1. The second-order valence-electron chi connectivity index (χ2n) is 7.50. The van der Waals surface area contributed by atoms with E-state index in [9.17, 15) is 4.79 Å². The molecule has 0 fully saturated rings. The molecule has 30 heavy (non-hydrogen) atoms. The third-order valence-electron chi connectivity index (χ3n) is 5.19. The van der Waals surface area contributed by atoms with Gasteiger partial charge in [0.15, 0.2) is 11.0 Å². The van der Waals surface area contributed by atoms with Gasteiger partial charge in [-0.15, -0.1) is 10.2 Å². The molecule has 0 aliphatic carbocycles. The summed E-state index contributed by atoms with van der Waals surface area (Å²) in [6.07, 6.45) is 0.924. The lowest BCUT2D eigenvalue weighted by atomic mass is 9.97. The highest BCUT2D eigenvalue weighted by Crippen LogP contribution is 2.27. The predicted octanol–water partition coefficient (Wildman–Crippen LogP) is 3.73. The van der Waals surface area contributed by atoms with Crippen LogP contribution >= 0.6 is 11.8 Å². The van der Waals surface area contributed by atoms with Crippen LogP contribution in [0, 0.1) is 12.8 Å². The van der Waals surface area contributed by atoms with E-state index < -0.39 is 0 Å². The van der Waals surface area contributed by atoms with Crippen LogP contribution in [0.1, 0.15) is 18.1 Å². The van der Waals surface area contributed by atoms with Crippen molar-refractivity contribution in [3.05, 3.63) is 59.7 Å². The average Bonchev–Trinajstić information content (AvgIpc) is 3.19. The van der Waals surface area contributed by atoms with Crippen LogP contribution in [0.2, 0.25) is 0 Å². The molecule has 7 heteroatoms. The quantitative estimate of drug-likeness (QED) is 0.588. The lowest BCUT2D eigenvalue weighted by Gasteiger charge is -2.25. The summed E-state index contributed by atoms with van der Waals surface area (Å²) in [5.74, 6) is 2.40. The monoisotopic (exact) mass is 422 g/mol. The summed E-state index contributed by atoms with van der Waals surface area (Å²) in [6.45, 7) is 6.12. The molecule has 2 aromatic carbocycles. The molecule has 1 N–H and O–H groups in total. The maximum Gasteiger partial charge on any atom is 0.230 e. The second kappa shape index (κ2) is 9.34. The first kappa shape index (κ1) is 20.5. The van der Waals surface area contributed by atoms with E-state index in [1.54, 1.807) is 0 Å². The number of carbonyl (C=O) groups excluding carboxylic acids is 1. The van der Waals surface area contributed by atoms with Crippen molar-refractivity contribution in [1.82, 2.24) is 20.1 Å². The summed E-state index contributed by atoms with van der Waals surface area (Å²) < 4.78 is 7.86. The van der Waals surface area contributed by atoms with E-state index >= 15 is 0 Å². The van der Waals surface area contributed by atoms with Gasteiger partial charge >= 0.3 is 0 Å². The van der Waals surface area contributed by atoms with Crippen molar-refractivity contribution in [1.29, 1.82) is 0 Å². The first-order valence-electron chi connectivity index (χ1n) is 10.2. The van der Waals surface area contributed by atoms with E-state index in [0.717, 1.165) is 35.3 Å². The number of thioether (sulfide) groups is 1. The number of hydrogen-bond acceptors (Lipinski definition) is 5. The van der Waals surface area contributed by atoms with Crippen LogP contribution in [0.4, 0.5) is 0 Å². The summed E-state index contributed by atoms with van der Waals surface area (Å²) in [5, 5.41) is 12.5. The van der Waals surface area contributed by atoms with E-state index in [4.69, 9.17) is 4.74 Å². The Morgan fingerprint density at radius 3 is 2.93 bits per heavy atom. The number of para-hydroxylation sites is 1. The van der Waals surface area contributed by atoms with E-state index in [1.807, 2.05) is 30.3 Å². The minimum absolute atomic E-state index is 0.00150. The molecule has 1 unspecified atom stereocenters. The molecule has 0 spiro atoms. The van der Waals surface area contributed by atoms with Gasteiger partial charge in [-0.2, -0.15) is 0 Å². The van der Waals surface area contributed by atoms with Crippen LogP contribution in [-0.2, 0) is 17.8 Å². The largest absolute Gasteiger partial charge is 0.493 e. The number of fused-ring (bicyclic) bond motifs is 1. The number of aromatic nitrogens is 3. The molecule has 0 saturated heterocycles. The number of hydrogen-bond donors (Lipinski definition) is 1. The lowest BCUT2D eigenvalue weighted by Crippen LogP contribution is -2.35. The first-order valence-corrected chi connectivity index (χ1v) is 11.2. The van der Waals surface area contributed by atoms with E-state index in [1.165, 1.54) is 22.9 Å². The third-order valence-corrected chi connectivity index (χ3v) is 6.15. The molecule has 1 amide bonds. The van der Waals surface area contributed by atoms with Gasteiger partial charge in [-0.1, -0.05) is 53.7 Å². The molecule has 1 aromatic heterocycles. The minimum atomic E-state index is 0.00150. The third kappa shape index (κ3) is 4.67. The summed E-state index contributed by atoms with van der Waals surface area (Å²) in [5.41, 5.74) is 3.43. The van der Waals surface area contributed by atoms with Crippen molar-refractivity contribution in [2.75, 3.05) is 18.9 Å². The van der Waals surface area contributed by atoms with Gasteiger partial charge in [0, 0.05) is 24.6 Å². The lowest BCUT2D eigenvalue weighted by molar-refractivity contribution is -0.118. The highest BCUT2D eigenvalue weighted by atomic mass is 32.2. The van der Waals surface area contributed by atoms with E-state index in [0.29, 0.717) is 24.8 Å². The Hall–Kier alpha value is -2.80. The highest BCUT2D eigenvalue weighted by molar-refractivity contribution is 7.99. The summed E-state index contributed by atoms with van der Waals surface area (Å²) >= 11 is 1.42. The van der Waals surface area contributed by atoms with Gasteiger partial charge in [-0.05, 0) is 38.0 Å². The molecule has 0 bridgehead atoms. The second-order valence-corrected chi connectivity index (χ2v) is 8.44. The molecule has 2 heterocycles. The molecule has 3 aromatic rings. The normalized spacial score (nSPS) is 15.3. The average molecular weight is 423 g/mol. The van der Waals surface area contributed by atoms with Crippen molar-refractivity contribution in [3.8, 4) is 17.1 Å². The number of nitrogens with zero attached hydrogens (tertiary/aromatic N) is 3. The minimum Gasteiger partial charge on any atom is -0.493 e. The van der Waals surface area contributed by atoms with Gasteiger partial charge in [0.25, 0.3) is 0 Å². The van der Waals surface area contributed by atoms with E-state index in [-0.39, 0.29) is 5.91 Å². The molecule has 1 aliphatic rings. The zero-order valence-electron chi connectivity index (χ0n) is 17.3. The predicted molar refractivity (Wildman–Crippen MR) is 119 cm³/mol. The number of rotatable bonds is 7. The highest BCUT2D eigenvalue weighted by Gasteiger charge is 2.20. The van der Waals surface area contributed by atoms with Gasteiger partial charge in [-0.3, -0.25) is 4.79 Å². The van der Waals surface area contributed by atoms with Crippen molar-refractivity contribution in [2.24, 2.45) is 5.92 Å². The fraction of sp³-hybridized carbons (Fsp3) is 0.348. The van der Waals surface area contributed by atoms with Crippen LogP contribution in [0.25, 0.3) is 11.4 Å². The van der Waals surface area contributed by atoms with Gasteiger partial charge in [0.05, 0.1) is 12.4 Å². The van der Waals surface area contributed by atoms with Gasteiger partial charge in [0.2, 0.25) is 5.91 Å². The summed E-state index contributed by atoms with van der Waals surface area (Å²) in [4.78, 5) is 12.4. The molecule has 1 aliphatic heterocycles. The fourth-order valence-corrected chi connectivity index (χ4v) is 4.47. The van der Waals surface area contributed by atoms with Crippen LogP contribution in [0.5, 0.6) is 5.75 Å². The van der Waals surface area contributed by atoms with E-state index in [2.05, 4.69) is 52.1 Å². The summed E-state index contributed by atoms with van der Waals surface area (Å²) in [7, 11) is 0. The van der Waals surface area contributed by atoms with Crippen molar-refractivity contribution < 1.29 is 9.53 Å². The van der Waals surface area contributed by atoms with Crippen molar-refractivity contribution in [3.63, 3.8) is 0 Å². The first-order chi connectivity index (χ1) is 14.6. The molecule has 156 valence electrons. The molecule has 0 radical (unpaired) electrons. The maximum atomic E-state index is 12.4. The SMILES string of the molecule is CCn1c(SCC(=O)NCC2COc3ccccc3C2)nnc1-c1cccc(C)c1. The molecular formula is C23H26N4O2S. The Labute approximate surface area is 181 Å². The smallest absolute Gasteiger partial charge is 0.230 e. The Morgan fingerprint density at radius 1 is 1.23 bits per heavy atom.